The summed E-state index contributed by atoms with van der Waals surface area (Å²) in [7, 11) is 0. The van der Waals surface area contributed by atoms with Gasteiger partial charge in [0.2, 0.25) is 0 Å². The van der Waals surface area contributed by atoms with Crippen LogP contribution in [0.25, 0.3) is 11.0 Å². The average Bonchev–Trinajstić information content (AvgIpc) is 3.46. The third kappa shape index (κ3) is 5.94. The van der Waals surface area contributed by atoms with Gasteiger partial charge < -0.3 is 26.0 Å². The molecule has 0 radical (unpaired) electrons. The molecule has 9 heteroatoms. The normalized spacial score (nSPS) is 14.3. The molecular formula is C23H31FN6O2. The number of carbonyl (C=O) groups excluding carboxylic acids is 1. The number of aromatic amines is 1. The number of hydrogen-bond donors (Lipinski definition) is 5. The SMILES string of the molecule is CC.CC(C)(O)C(F)CNC(=O)c1cnc(Nc2cnc3[nH]ccc3c2)cc1NC1CC1. The van der Waals surface area contributed by atoms with Crippen molar-refractivity contribution < 1.29 is 14.3 Å². The van der Waals surface area contributed by atoms with E-state index in [9.17, 15) is 14.3 Å². The summed E-state index contributed by atoms with van der Waals surface area (Å²) in [6.45, 7) is 6.45. The van der Waals surface area contributed by atoms with E-state index in [4.69, 9.17) is 0 Å². The molecule has 1 fully saturated rings. The van der Waals surface area contributed by atoms with Crippen LogP contribution >= 0.6 is 0 Å². The molecule has 0 bridgehead atoms. The Balaban J connectivity index is 0.00000141. The number of amides is 1. The molecule has 3 aromatic rings. The zero-order chi connectivity index (χ0) is 23.3. The maximum absolute atomic E-state index is 14.0. The molecule has 1 atom stereocenters. The highest BCUT2D eigenvalue weighted by molar-refractivity contribution is 6.00. The fraction of sp³-hybridized carbons (Fsp3) is 0.435. The van der Waals surface area contributed by atoms with Crippen LogP contribution in [0.3, 0.4) is 0 Å². The highest BCUT2D eigenvalue weighted by atomic mass is 19.1. The highest BCUT2D eigenvalue weighted by Crippen LogP contribution is 2.29. The molecule has 0 aromatic carbocycles. The Morgan fingerprint density at radius 3 is 2.72 bits per heavy atom. The van der Waals surface area contributed by atoms with Crippen LogP contribution in [0.5, 0.6) is 0 Å². The minimum atomic E-state index is -1.58. The Morgan fingerprint density at radius 2 is 2.03 bits per heavy atom. The number of carbonyl (C=O) groups is 1. The maximum atomic E-state index is 14.0. The molecule has 1 amide bonds. The number of hydrogen-bond acceptors (Lipinski definition) is 6. The number of nitrogens with one attached hydrogen (secondary N) is 4. The first kappa shape index (κ1) is 23.5. The van der Waals surface area contributed by atoms with Gasteiger partial charge in [-0.25, -0.2) is 14.4 Å². The van der Waals surface area contributed by atoms with E-state index >= 15 is 0 Å². The third-order valence-electron chi connectivity index (χ3n) is 4.97. The summed E-state index contributed by atoms with van der Waals surface area (Å²) in [5.74, 6) is 0.116. The Bertz CT molecular complexity index is 1060. The molecule has 0 saturated heterocycles. The van der Waals surface area contributed by atoms with Crippen molar-refractivity contribution in [1.82, 2.24) is 20.3 Å². The van der Waals surface area contributed by atoms with Gasteiger partial charge in [-0.05, 0) is 38.8 Å². The van der Waals surface area contributed by atoms with Gasteiger partial charge in [0.25, 0.3) is 5.91 Å². The lowest BCUT2D eigenvalue weighted by atomic mass is 10.0. The van der Waals surface area contributed by atoms with Gasteiger partial charge in [0.15, 0.2) is 0 Å². The molecule has 3 aromatic heterocycles. The number of H-pyrrole nitrogens is 1. The molecule has 5 N–H and O–H groups in total. The van der Waals surface area contributed by atoms with Gasteiger partial charge in [-0.15, -0.1) is 0 Å². The smallest absolute Gasteiger partial charge is 0.255 e. The number of pyridine rings is 2. The fourth-order valence-corrected chi connectivity index (χ4v) is 2.96. The van der Waals surface area contributed by atoms with Crippen molar-refractivity contribution >= 4 is 34.1 Å². The van der Waals surface area contributed by atoms with Crippen LogP contribution < -0.4 is 16.0 Å². The van der Waals surface area contributed by atoms with E-state index < -0.39 is 17.7 Å². The molecular weight excluding hydrogens is 411 g/mol. The molecule has 172 valence electrons. The van der Waals surface area contributed by atoms with Crippen LogP contribution in [-0.2, 0) is 0 Å². The standard InChI is InChI=1S/C21H25FN6O2.C2H6/c1-21(2,30)17(22)11-26-20(29)15-10-24-18(8-16(15)27-13-3-4-13)28-14-7-12-5-6-23-19(12)25-9-14;1-2/h5-10,13,17,30H,3-4,11H2,1-2H3,(H,23,25)(H,26,29)(H2,24,27,28);1-2H3. The quantitative estimate of drug-likeness (QED) is 0.358. The molecule has 1 aliphatic rings. The average molecular weight is 443 g/mol. The molecule has 32 heavy (non-hydrogen) atoms. The minimum Gasteiger partial charge on any atom is -0.387 e. The maximum Gasteiger partial charge on any atom is 0.255 e. The predicted molar refractivity (Wildman–Crippen MR) is 125 cm³/mol. The lowest BCUT2D eigenvalue weighted by molar-refractivity contribution is -0.00177. The predicted octanol–water partition coefficient (Wildman–Crippen LogP) is 4.14. The van der Waals surface area contributed by atoms with Gasteiger partial charge in [0.05, 0.1) is 35.3 Å². The molecule has 1 saturated carbocycles. The van der Waals surface area contributed by atoms with Crippen LogP contribution in [0.15, 0.2) is 36.8 Å². The van der Waals surface area contributed by atoms with Gasteiger partial charge in [-0.3, -0.25) is 4.79 Å². The van der Waals surface area contributed by atoms with E-state index in [0.29, 0.717) is 23.1 Å². The number of halogens is 1. The van der Waals surface area contributed by atoms with Crippen molar-refractivity contribution in [2.75, 3.05) is 17.2 Å². The van der Waals surface area contributed by atoms with Gasteiger partial charge >= 0.3 is 0 Å². The van der Waals surface area contributed by atoms with Crippen molar-refractivity contribution in [2.45, 2.75) is 58.4 Å². The second kappa shape index (κ2) is 9.95. The van der Waals surface area contributed by atoms with Crippen molar-refractivity contribution in [3.8, 4) is 0 Å². The number of rotatable bonds is 8. The number of nitrogens with zero attached hydrogens (tertiary/aromatic N) is 2. The largest absolute Gasteiger partial charge is 0.387 e. The zero-order valence-electron chi connectivity index (χ0n) is 18.9. The lowest BCUT2D eigenvalue weighted by Crippen LogP contribution is -2.42. The first-order valence-corrected chi connectivity index (χ1v) is 10.9. The first-order chi connectivity index (χ1) is 15.3. The Kier molecular flexibility index (Phi) is 7.29. The second-order valence-electron chi connectivity index (χ2n) is 8.13. The minimum absolute atomic E-state index is 0.284. The summed E-state index contributed by atoms with van der Waals surface area (Å²) < 4.78 is 14.0. The van der Waals surface area contributed by atoms with Gasteiger partial charge in [-0.2, -0.15) is 0 Å². The summed E-state index contributed by atoms with van der Waals surface area (Å²) in [5, 5.41) is 19.8. The fourth-order valence-electron chi connectivity index (χ4n) is 2.96. The van der Waals surface area contributed by atoms with Crippen LogP contribution in [0, 0.1) is 0 Å². The van der Waals surface area contributed by atoms with Gasteiger partial charge in [0.1, 0.15) is 17.6 Å². The van der Waals surface area contributed by atoms with E-state index in [2.05, 4.69) is 30.9 Å². The number of aromatic nitrogens is 3. The van der Waals surface area contributed by atoms with E-state index in [1.165, 1.54) is 20.0 Å². The van der Waals surface area contributed by atoms with Crippen LogP contribution in [0.2, 0.25) is 0 Å². The van der Waals surface area contributed by atoms with Gasteiger partial charge in [-0.1, -0.05) is 13.8 Å². The van der Waals surface area contributed by atoms with Crippen molar-refractivity contribution in [2.24, 2.45) is 0 Å². The second-order valence-corrected chi connectivity index (χ2v) is 8.13. The van der Waals surface area contributed by atoms with E-state index in [1.54, 1.807) is 12.3 Å². The van der Waals surface area contributed by atoms with Gasteiger partial charge in [0, 0.05) is 29.9 Å². The summed E-state index contributed by atoms with van der Waals surface area (Å²) in [6, 6.07) is 5.96. The van der Waals surface area contributed by atoms with Crippen LogP contribution in [-0.4, -0.2) is 50.3 Å². The van der Waals surface area contributed by atoms with Crippen molar-refractivity contribution in [3.63, 3.8) is 0 Å². The zero-order valence-corrected chi connectivity index (χ0v) is 18.9. The molecule has 1 unspecified atom stereocenters. The van der Waals surface area contributed by atoms with E-state index in [1.807, 2.05) is 32.2 Å². The first-order valence-electron chi connectivity index (χ1n) is 10.9. The monoisotopic (exact) mass is 442 g/mol. The van der Waals surface area contributed by atoms with E-state index in [0.717, 1.165) is 29.6 Å². The topological polar surface area (TPSA) is 115 Å². The number of alkyl halides is 1. The van der Waals surface area contributed by atoms with Crippen molar-refractivity contribution in [1.29, 1.82) is 0 Å². The summed E-state index contributed by atoms with van der Waals surface area (Å²) in [5.41, 5.74) is 1.00. The molecule has 0 aliphatic heterocycles. The summed E-state index contributed by atoms with van der Waals surface area (Å²) >= 11 is 0. The Labute approximate surface area is 187 Å². The van der Waals surface area contributed by atoms with E-state index in [-0.39, 0.29) is 6.54 Å². The number of fused-ring (bicyclic) bond motifs is 1. The molecule has 1 aliphatic carbocycles. The molecule has 0 spiro atoms. The highest BCUT2D eigenvalue weighted by Gasteiger charge is 2.28. The molecule has 3 heterocycles. The molecule has 4 rings (SSSR count). The summed E-state index contributed by atoms with van der Waals surface area (Å²) in [6.07, 6.45) is 5.47. The van der Waals surface area contributed by atoms with Crippen LogP contribution in [0.4, 0.5) is 21.6 Å². The third-order valence-corrected chi connectivity index (χ3v) is 4.97. The number of anilines is 3. The lowest BCUT2D eigenvalue weighted by Gasteiger charge is -2.22. The Hall–Kier alpha value is -3.20. The van der Waals surface area contributed by atoms with Crippen molar-refractivity contribution in [3.05, 3.63) is 42.4 Å². The molecule has 8 nitrogen and oxygen atoms in total. The number of aliphatic hydroxyl groups is 1. The van der Waals surface area contributed by atoms with Crippen LogP contribution in [0.1, 0.15) is 50.9 Å². The Morgan fingerprint density at radius 1 is 1.28 bits per heavy atom. The summed E-state index contributed by atoms with van der Waals surface area (Å²) in [4.78, 5) is 24.3.